The summed E-state index contributed by atoms with van der Waals surface area (Å²) in [5.74, 6) is -0.382. The van der Waals surface area contributed by atoms with Crippen molar-refractivity contribution in [3.05, 3.63) is 65.9 Å². The SMILES string of the molecule is CCCN(CCC)S(=O)(=O)c1ccc(C(=O)Nc2cn[nH]c2C(=O)NCc2ccco2)cc1. The average molecular weight is 474 g/mol. The third-order valence-electron chi connectivity index (χ3n) is 4.82. The highest BCUT2D eigenvalue weighted by Crippen LogP contribution is 2.19. The van der Waals surface area contributed by atoms with Crippen molar-refractivity contribution in [2.24, 2.45) is 0 Å². The quantitative estimate of drug-likeness (QED) is 0.391. The topological polar surface area (TPSA) is 137 Å². The van der Waals surface area contributed by atoms with E-state index in [0.717, 1.165) is 0 Å². The molecule has 0 fully saturated rings. The molecule has 0 aliphatic carbocycles. The molecule has 2 amide bonds. The third-order valence-corrected chi connectivity index (χ3v) is 6.73. The Labute approximate surface area is 192 Å². The molecule has 0 atom stereocenters. The molecule has 3 rings (SSSR count). The second-order valence-electron chi connectivity index (χ2n) is 7.30. The number of hydrogen-bond donors (Lipinski definition) is 3. The highest BCUT2D eigenvalue weighted by Gasteiger charge is 2.23. The second kappa shape index (κ2) is 10.9. The van der Waals surface area contributed by atoms with Crippen molar-refractivity contribution in [3.63, 3.8) is 0 Å². The Morgan fingerprint density at radius 2 is 1.76 bits per heavy atom. The van der Waals surface area contributed by atoms with Crippen LogP contribution in [0.5, 0.6) is 0 Å². The van der Waals surface area contributed by atoms with Gasteiger partial charge in [0, 0.05) is 18.7 Å². The zero-order valence-corrected chi connectivity index (χ0v) is 19.3. The van der Waals surface area contributed by atoms with Crippen molar-refractivity contribution in [1.82, 2.24) is 19.8 Å². The maximum absolute atomic E-state index is 12.9. The summed E-state index contributed by atoms with van der Waals surface area (Å²) in [6, 6.07) is 9.14. The summed E-state index contributed by atoms with van der Waals surface area (Å²) in [6.45, 7) is 4.90. The predicted octanol–water partition coefficient (Wildman–Crippen LogP) is 3.00. The van der Waals surface area contributed by atoms with Crippen LogP contribution in [0.2, 0.25) is 0 Å². The van der Waals surface area contributed by atoms with Gasteiger partial charge in [-0.3, -0.25) is 14.7 Å². The highest BCUT2D eigenvalue weighted by atomic mass is 32.2. The lowest BCUT2D eigenvalue weighted by Gasteiger charge is -2.21. The molecule has 0 aliphatic heterocycles. The Balaban J connectivity index is 1.68. The van der Waals surface area contributed by atoms with Crippen LogP contribution in [0.25, 0.3) is 0 Å². The van der Waals surface area contributed by atoms with E-state index in [1.54, 1.807) is 12.1 Å². The molecule has 176 valence electrons. The summed E-state index contributed by atoms with van der Waals surface area (Å²) in [4.78, 5) is 25.2. The molecular formula is C22H27N5O5S. The van der Waals surface area contributed by atoms with Gasteiger partial charge in [0.2, 0.25) is 10.0 Å². The lowest BCUT2D eigenvalue weighted by molar-refractivity contribution is 0.0944. The fourth-order valence-corrected chi connectivity index (χ4v) is 4.82. The number of aromatic amines is 1. The zero-order chi connectivity index (χ0) is 23.8. The van der Waals surface area contributed by atoms with Crippen LogP contribution in [0.15, 0.2) is 58.2 Å². The summed E-state index contributed by atoms with van der Waals surface area (Å²) < 4.78 is 32.4. The number of sulfonamides is 1. The number of benzene rings is 1. The Bertz CT molecular complexity index is 1160. The minimum atomic E-state index is -3.63. The molecule has 1 aromatic carbocycles. The van der Waals surface area contributed by atoms with E-state index >= 15 is 0 Å². The summed E-state index contributed by atoms with van der Waals surface area (Å²) in [5, 5.41) is 11.7. The Morgan fingerprint density at radius 1 is 1.06 bits per heavy atom. The van der Waals surface area contributed by atoms with Crippen LogP contribution in [0.1, 0.15) is 53.3 Å². The molecular weight excluding hydrogens is 446 g/mol. The average Bonchev–Trinajstić information content (AvgIpc) is 3.49. The first-order valence-electron chi connectivity index (χ1n) is 10.6. The molecule has 0 aliphatic rings. The minimum absolute atomic E-state index is 0.0869. The molecule has 0 spiro atoms. The van der Waals surface area contributed by atoms with Gasteiger partial charge >= 0.3 is 0 Å². The molecule has 2 heterocycles. The summed E-state index contributed by atoms with van der Waals surface area (Å²) in [5.41, 5.74) is 0.532. The highest BCUT2D eigenvalue weighted by molar-refractivity contribution is 7.89. The van der Waals surface area contributed by atoms with Crippen LogP contribution in [-0.4, -0.2) is 47.8 Å². The Morgan fingerprint density at radius 3 is 2.36 bits per heavy atom. The van der Waals surface area contributed by atoms with Gasteiger partial charge in [-0.2, -0.15) is 9.40 Å². The number of hydrogen-bond acceptors (Lipinski definition) is 6. The molecule has 0 saturated heterocycles. The van der Waals surface area contributed by atoms with Crippen LogP contribution in [0.4, 0.5) is 5.69 Å². The van der Waals surface area contributed by atoms with Gasteiger partial charge in [0.1, 0.15) is 11.5 Å². The van der Waals surface area contributed by atoms with E-state index in [1.165, 1.54) is 41.0 Å². The molecule has 0 bridgehead atoms. The van der Waals surface area contributed by atoms with E-state index in [9.17, 15) is 18.0 Å². The van der Waals surface area contributed by atoms with Crippen molar-refractivity contribution < 1.29 is 22.4 Å². The van der Waals surface area contributed by atoms with Crippen LogP contribution in [0, 0.1) is 0 Å². The van der Waals surface area contributed by atoms with E-state index in [1.807, 2.05) is 13.8 Å². The summed E-state index contributed by atoms with van der Waals surface area (Å²) in [6.07, 6.45) is 4.25. The van der Waals surface area contributed by atoms with Crippen LogP contribution in [-0.2, 0) is 16.6 Å². The zero-order valence-electron chi connectivity index (χ0n) is 18.5. The molecule has 2 aromatic heterocycles. The number of amides is 2. The predicted molar refractivity (Wildman–Crippen MR) is 122 cm³/mol. The van der Waals surface area contributed by atoms with Gasteiger partial charge in [-0.15, -0.1) is 0 Å². The lowest BCUT2D eigenvalue weighted by Crippen LogP contribution is -2.32. The molecule has 11 heteroatoms. The van der Waals surface area contributed by atoms with Crippen molar-refractivity contribution >= 4 is 27.5 Å². The number of nitrogens with zero attached hydrogens (tertiary/aromatic N) is 2. The number of nitrogens with one attached hydrogen (secondary N) is 3. The van der Waals surface area contributed by atoms with E-state index in [4.69, 9.17) is 4.42 Å². The maximum Gasteiger partial charge on any atom is 0.271 e. The van der Waals surface area contributed by atoms with Gasteiger partial charge in [0.15, 0.2) is 0 Å². The standard InChI is InChI=1S/C22H27N5O5S/c1-3-11-27(12-4-2)33(30,31)18-9-7-16(8-10-18)21(28)25-19-15-24-26-20(19)22(29)23-14-17-6-5-13-32-17/h5-10,13,15H,3-4,11-12,14H2,1-2H3,(H,23,29)(H,24,26)(H,25,28). The number of furan rings is 1. The van der Waals surface area contributed by atoms with E-state index < -0.39 is 21.8 Å². The molecule has 33 heavy (non-hydrogen) atoms. The van der Waals surface area contributed by atoms with Gasteiger partial charge in [-0.05, 0) is 49.2 Å². The second-order valence-corrected chi connectivity index (χ2v) is 9.24. The fraction of sp³-hybridized carbons (Fsp3) is 0.318. The number of H-pyrrole nitrogens is 1. The normalized spacial score (nSPS) is 11.5. The number of aromatic nitrogens is 2. The molecule has 10 nitrogen and oxygen atoms in total. The van der Waals surface area contributed by atoms with Gasteiger partial charge in [0.05, 0.1) is 29.6 Å². The smallest absolute Gasteiger partial charge is 0.271 e. The van der Waals surface area contributed by atoms with E-state index in [2.05, 4.69) is 20.8 Å². The number of anilines is 1. The maximum atomic E-state index is 12.9. The number of rotatable bonds is 11. The van der Waals surface area contributed by atoms with Crippen molar-refractivity contribution in [2.75, 3.05) is 18.4 Å². The lowest BCUT2D eigenvalue weighted by atomic mass is 10.2. The van der Waals surface area contributed by atoms with E-state index in [0.29, 0.717) is 31.7 Å². The fourth-order valence-electron chi connectivity index (χ4n) is 3.20. The third kappa shape index (κ3) is 5.88. The van der Waals surface area contributed by atoms with Gasteiger partial charge in [0.25, 0.3) is 11.8 Å². The minimum Gasteiger partial charge on any atom is -0.467 e. The van der Waals surface area contributed by atoms with Gasteiger partial charge in [-0.25, -0.2) is 8.42 Å². The van der Waals surface area contributed by atoms with E-state index in [-0.39, 0.29) is 28.4 Å². The monoisotopic (exact) mass is 473 g/mol. The van der Waals surface area contributed by atoms with Crippen molar-refractivity contribution in [3.8, 4) is 0 Å². The Kier molecular flexibility index (Phi) is 8.01. The molecule has 3 N–H and O–H groups in total. The molecule has 3 aromatic rings. The van der Waals surface area contributed by atoms with Crippen molar-refractivity contribution in [2.45, 2.75) is 38.1 Å². The first-order chi connectivity index (χ1) is 15.9. The van der Waals surface area contributed by atoms with Crippen molar-refractivity contribution in [1.29, 1.82) is 0 Å². The molecule has 0 radical (unpaired) electrons. The van der Waals surface area contributed by atoms with Gasteiger partial charge < -0.3 is 15.1 Å². The summed E-state index contributed by atoms with van der Waals surface area (Å²) in [7, 11) is -3.63. The van der Waals surface area contributed by atoms with Crippen LogP contribution < -0.4 is 10.6 Å². The largest absolute Gasteiger partial charge is 0.467 e. The summed E-state index contributed by atoms with van der Waals surface area (Å²) >= 11 is 0. The van der Waals surface area contributed by atoms with Gasteiger partial charge in [-0.1, -0.05) is 13.8 Å². The van der Waals surface area contributed by atoms with Crippen LogP contribution in [0.3, 0.4) is 0 Å². The molecule has 0 saturated carbocycles. The first kappa shape index (κ1) is 24.2. The Hall–Kier alpha value is -3.44. The molecule has 0 unspecified atom stereocenters. The van der Waals surface area contributed by atoms with Crippen LogP contribution >= 0.6 is 0 Å². The number of carbonyl (C=O) groups is 2. The number of carbonyl (C=O) groups excluding carboxylic acids is 2. The first-order valence-corrected chi connectivity index (χ1v) is 12.1.